The molecule has 0 atom stereocenters. The zero-order chi connectivity index (χ0) is 22.8. The highest BCUT2D eigenvalue weighted by atomic mass is 32.1. The average Bonchev–Trinajstić information content (AvgIpc) is 3.13. The van der Waals surface area contributed by atoms with E-state index < -0.39 is 35.0 Å². The van der Waals surface area contributed by atoms with Crippen molar-refractivity contribution >= 4 is 17.2 Å². The van der Waals surface area contributed by atoms with Crippen LogP contribution < -0.4 is 5.32 Å². The number of alkyl halides is 6. The minimum atomic E-state index is -5.01. The van der Waals surface area contributed by atoms with Crippen LogP contribution in [0, 0.1) is 6.92 Å². The number of amides is 1. The summed E-state index contributed by atoms with van der Waals surface area (Å²) in [5, 5.41) is 5.23. The van der Waals surface area contributed by atoms with E-state index in [1.807, 2.05) is 36.6 Å². The van der Waals surface area contributed by atoms with Crippen LogP contribution in [0.5, 0.6) is 0 Å². The highest BCUT2D eigenvalue weighted by Gasteiger charge is 2.37. The summed E-state index contributed by atoms with van der Waals surface area (Å²) < 4.78 is 77.6. The van der Waals surface area contributed by atoms with Gasteiger partial charge in [-0.2, -0.15) is 26.3 Å². The van der Waals surface area contributed by atoms with Crippen LogP contribution in [0.3, 0.4) is 0 Å². The van der Waals surface area contributed by atoms with Gasteiger partial charge in [-0.3, -0.25) is 4.79 Å². The predicted molar refractivity (Wildman–Crippen MR) is 105 cm³/mol. The molecule has 0 unspecified atom stereocenters. The maximum atomic E-state index is 12.9. The smallest absolute Gasteiger partial charge is 0.352 e. The molecule has 1 amide bonds. The molecule has 1 heterocycles. The van der Waals surface area contributed by atoms with E-state index in [0.717, 1.165) is 21.8 Å². The molecule has 0 spiro atoms. The Morgan fingerprint density at radius 2 is 1.55 bits per heavy atom. The molecule has 0 saturated heterocycles. The number of hydrogen-bond acceptors (Lipinski definition) is 3. The van der Waals surface area contributed by atoms with Gasteiger partial charge in [0.05, 0.1) is 21.8 Å². The van der Waals surface area contributed by atoms with Crippen molar-refractivity contribution in [3.63, 3.8) is 0 Å². The van der Waals surface area contributed by atoms with E-state index in [2.05, 4.69) is 10.3 Å². The highest BCUT2D eigenvalue weighted by Crippen LogP contribution is 2.36. The minimum absolute atomic E-state index is 0.0117. The van der Waals surface area contributed by atoms with Crippen molar-refractivity contribution in [2.24, 2.45) is 0 Å². The van der Waals surface area contributed by atoms with E-state index in [1.54, 1.807) is 0 Å². The molecule has 2 aromatic carbocycles. The third-order valence-electron chi connectivity index (χ3n) is 4.42. The van der Waals surface area contributed by atoms with Gasteiger partial charge in [0.15, 0.2) is 0 Å². The molecule has 31 heavy (non-hydrogen) atoms. The second-order valence-electron chi connectivity index (χ2n) is 6.75. The topological polar surface area (TPSA) is 42.0 Å². The van der Waals surface area contributed by atoms with Crippen LogP contribution in [0.25, 0.3) is 11.3 Å². The lowest BCUT2D eigenvalue weighted by atomic mass is 10.0. The zero-order valence-electron chi connectivity index (χ0n) is 16.1. The Bertz CT molecular complexity index is 1040. The molecule has 1 aromatic heterocycles. The molecule has 0 saturated carbocycles. The van der Waals surface area contributed by atoms with Gasteiger partial charge in [-0.25, -0.2) is 4.98 Å². The first-order chi connectivity index (χ1) is 14.4. The fourth-order valence-corrected chi connectivity index (χ4v) is 3.47. The lowest BCUT2D eigenvalue weighted by Crippen LogP contribution is -2.26. The lowest BCUT2D eigenvalue weighted by molar-refractivity contribution is -0.143. The highest BCUT2D eigenvalue weighted by molar-refractivity contribution is 7.09. The summed E-state index contributed by atoms with van der Waals surface area (Å²) in [7, 11) is 0. The van der Waals surface area contributed by atoms with Crippen molar-refractivity contribution in [2.45, 2.75) is 25.7 Å². The summed E-state index contributed by atoms with van der Waals surface area (Å²) in [6.45, 7) is 1.94. The van der Waals surface area contributed by atoms with Crippen LogP contribution in [0.15, 0.2) is 47.8 Å². The van der Waals surface area contributed by atoms with Gasteiger partial charge < -0.3 is 5.32 Å². The molecule has 0 aliphatic rings. The molecule has 164 valence electrons. The first-order valence-electron chi connectivity index (χ1n) is 9.02. The monoisotopic (exact) mass is 458 g/mol. The van der Waals surface area contributed by atoms with Crippen molar-refractivity contribution < 1.29 is 31.1 Å². The Morgan fingerprint density at radius 3 is 2.03 bits per heavy atom. The first-order valence-corrected chi connectivity index (χ1v) is 9.90. The zero-order valence-corrected chi connectivity index (χ0v) is 16.9. The van der Waals surface area contributed by atoms with E-state index >= 15 is 0 Å². The molecule has 3 nitrogen and oxygen atoms in total. The Labute approximate surface area is 177 Å². The average molecular weight is 458 g/mol. The van der Waals surface area contributed by atoms with Gasteiger partial charge in [0.1, 0.15) is 0 Å². The maximum absolute atomic E-state index is 12.9. The summed E-state index contributed by atoms with van der Waals surface area (Å²) >= 11 is 1.52. The minimum Gasteiger partial charge on any atom is -0.352 e. The fourth-order valence-electron chi connectivity index (χ4n) is 2.85. The summed E-state index contributed by atoms with van der Waals surface area (Å²) in [5.74, 6) is -1.01. The van der Waals surface area contributed by atoms with Gasteiger partial charge in [0.25, 0.3) is 5.91 Å². The van der Waals surface area contributed by atoms with Crippen LogP contribution in [0.2, 0.25) is 0 Å². The van der Waals surface area contributed by atoms with Gasteiger partial charge in [0.2, 0.25) is 0 Å². The van der Waals surface area contributed by atoms with Crippen LogP contribution >= 0.6 is 11.3 Å². The number of rotatable bonds is 5. The number of nitrogens with zero attached hydrogens (tertiary/aromatic N) is 1. The van der Waals surface area contributed by atoms with Crippen LogP contribution in [-0.4, -0.2) is 17.4 Å². The second kappa shape index (κ2) is 8.70. The number of carbonyl (C=O) groups is 1. The van der Waals surface area contributed by atoms with Crippen LogP contribution in [-0.2, 0) is 18.8 Å². The maximum Gasteiger partial charge on any atom is 0.416 e. The van der Waals surface area contributed by atoms with Crippen molar-refractivity contribution in [3.05, 3.63) is 75.1 Å². The normalized spacial score (nSPS) is 12.1. The number of carbonyl (C=O) groups excluding carboxylic acids is 1. The third kappa shape index (κ3) is 5.84. The van der Waals surface area contributed by atoms with Crippen LogP contribution in [0.1, 0.15) is 32.1 Å². The molecular weight excluding hydrogens is 442 g/mol. The number of aromatic nitrogens is 1. The van der Waals surface area contributed by atoms with E-state index in [1.165, 1.54) is 11.3 Å². The number of thiazole rings is 1. The predicted octanol–water partition coefficient (Wildman–Crippen LogP) is 6.13. The Morgan fingerprint density at radius 1 is 0.968 bits per heavy atom. The quantitative estimate of drug-likeness (QED) is 0.468. The molecule has 3 rings (SSSR count). The molecule has 0 aliphatic carbocycles. The van der Waals surface area contributed by atoms with Crippen molar-refractivity contribution in [1.29, 1.82) is 0 Å². The summed E-state index contributed by atoms with van der Waals surface area (Å²) in [4.78, 5) is 16.6. The van der Waals surface area contributed by atoms with Gasteiger partial charge in [-0.15, -0.1) is 11.3 Å². The standard InChI is InChI=1S/C21H16F6N2OS/c1-12-29-18(11-31-12)14-4-2-13(3-5-14)6-7-28-19(30)15-8-16(20(22,23)24)10-17(9-15)21(25,26)27/h2-5,8-11H,6-7H2,1H3,(H,28,30). The molecule has 0 fully saturated rings. The number of hydrogen-bond donors (Lipinski definition) is 1. The Hall–Kier alpha value is -2.88. The number of halogens is 6. The second-order valence-corrected chi connectivity index (χ2v) is 7.81. The fraction of sp³-hybridized carbons (Fsp3) is 0.238. The number of nitrogens with one attached hydrogen (secondary N) is 1. The number of benzene rings is 2. The molecule has 0 aliphatic heterocycles. The lowest BCUT2D eigenvalue weighted by Gasteiger charge is -2.14. The molecule has 0 radical (unpaired) electrons. The SMILES string of the molecule is Cc1nc(-c2ccc(CCNC(=O)c3cc(C(F)(F)F)cc(C(F)(F)F)c3)cc2)cs1. The summed E-state index contributed by atoms with van der Waals surface area (Å²) in [6, 6.07) is 8.17. The molecule has 0 bridgehead atoms. The van der Waals surface area contributed by atoms with Gasteiger partial charge >= 0.3 is 12.4 Å². The van der Waals surface area contributed by atoms with E-state index in [9.17, 15) is 31.1 Å². The third-order valence-corrected chi connectivity index (χ3v) is 5.19. The molecule has 3 aromatic rings. The first kappa shape index (κ1) is 22.8. The van der Waals surface area contributed by atoms with Crippen molar-refractivity contribution in [1.82, 2.24) is 10.3 Å². The van der Waals surface area contributed by atoms with E-state index in [-0.39, 0.29) is 12.6 Å². The Kier molecular flexibility index (Phi) is 6.40. The molecule has 10 heteroatoms. The van der Waals surface area contributed by atoms with Gasteiger partial charge in [-0.05, 0) is 37.1 Å². The van der Waals surface area contributed by atoms with Crippen molar-refractivity contribution in [2.75, 3.05) is 6.54 Å². The van der Waals surface area contributed by atoms with Crippen LogP contribution in [0.4, 0.5) is 26.3 Å². The summed E-state index contributed by atoms with van der Waals surface area (Å²) in [6.07, 6.45) is -9.66. The van der Waals surface area contributed by atoms with Gasteiger partial charge in [-0.1, -0.05) is 24.3 Å². The molecular formula is C21H16F6N2OS. The summed E-state index contributed by atoms with van der Waals surface area (Å²) in [5.41, 5.74) is -1.15. The van der Waals surface area contributed by atoms with Gasteiger partial charge in [0, 0.05) is 23.1 Å². The molecule has 1 N–H and O–H groups in total. The van der Waals surface area contributed by atoms with Crippen molar-refractivity contribution in [3.8, 4) is 11.3 Å². The van der Waals surface area contributed by atoms with E-state index in [4.69, 9.17) is 0 Å². The Balaban J connectivity index is 1.66. The number of aryl methyl sites for hydroxylation is 1. The van der Waals surface area contributed by atoms with E-state index in [0.29, 0.717) is 18.6 Å². The largest absolute Gasteiger partial charge is 0.416 e.